The van der Waals surface area contributed by atoms with Crippen LogP contribution in [-0.2, 0) is 0 Å². The summed E-state index contributed by atoms with van der Waals surface area (Å²) >= 11 is 0. The summed E-state index contributed by atoms with van der Waals surface area (Å²) in [4.78, 5) is 2.55. The topological polar surface area (TPSA) is 15.3 Å². The Bertz CT molecular complexity index is 156. The highest BCUT2D eigenvalue weighted by atomic mass is 15.2. The number of hydrogen-bond acceptors (Lipinski definition) is 2. The lowest BCUT2D eigenvalue weighted by molar-refractivity contribution is 0.245. The Morgan fingerprint density at radius 1 is 1.07 bits per heavy atom. The zero-order valence-corrected chi connectivity index (χ0v) is 9.47. The molecule has 1 saturated heterocycles. The molecule has 2 fully saturated rings. The Labute approximate surface area is 88.1 Å². The van der Waals surface area contributed by atoms with Crippen LogP contribution in [0, 0.1) is 5.92 Å². The van der Waals surface area contributed by atoms with E-state index in [0.29, 0.717) is 0 Å². The molecule has 82 valence electrons. The summed E-state index contributed by atoms with van der Waals surface area (Å²) in [6, 6.07) is 0.812. The zero-order valence-electron chi connectivity index (χ0n) is 9.47. The molecule has 0 aromatic heterocycles. The van der Waals surface area contributed by atoms with Crippen molar-refractivity contribution < 1.29 is 0 Å². The van der Waals surface area contributed by atoms with Crippen molar-refractivity contribution in [2.24, 2.45) is 5.92 Å². The van der Waals surface area contributed by atoms with Gasteiger partial charge in [0.1, 0.15) is 0 Å². The maximum absolute atomic E-state index is 3.71. The van der Waals surface area contributed by atoms with Crippen molar-refractivity contribution in [3.8, 4) is 0 Å². The highest BCUT2D eigenvalue weighted by molar-refractivity contribution is 4.76. The van der Waals surface area contributed by atoms with Gasteiger partial charge in [0.15, 0.2) is 0 Å². The Hall–Kier alpha value is -0.0800. The zero-order chi connectivity index (χ0) is 9.80. The molecule has 0 amide bonds. The molecule has 0 bridgehead atoms. The van der Waals surface area contributed by atoms with Crippen molar-refractivity contribution in [3.63, 3.8) is 0 Å². The van der Waals surface area contributed by atoms with Crippen LogP contribution in [0.1, 0.15) is 45.4 Å². The molecule has 2 heteroatoms. The number of rotatable bonds is 3. The molecule has 14 heavy (non-hydrogen) atoms. The van der Waals surface area contributed by atoms with Gasteiger partial charge in [0.2, 0.25) is 0 Å². The lowest BCUT2D eigenvalue weighted by atomic mass is 9.87. The Morgan fingerprint density at radius 3 is 2.36 bits per heavy atom. The average molecular weight is 196 g/mol. The van der Waals surface area contributed by atoms with Crippen LogP contribution in [0.5, 0.6) is 0 Å². The molecule has 2 nitrogen and oxygen atoms in total. The second-order valence-electron chi connectivity index (χ2n) is 5.14. The first-order chi connectivity index (χ1) is 6.84. The summed E-state index contributed by atoms with van der Waals surface area (Å²) in [5.41, 5.74) is 0. The number of likely N-dealkylation sites (tertiary alicyclic amines) is 1. The van der Waals surface area contributed by atoms with E-state index in [1.807, 2.05) is 0 Å². The van der Waals surface area contributed by atoms with Gasteiger partial charge < -0.3 is 5.32 Å². The highest BCUT2D eigenvalue weighted by Gasteiger charge is 2.19. The summed E-state index contributed by atoms with van der Waals surface area (Å²) in [5.74, 6) is 0.972. The number of hydrogen-bond donors (Lipinski definition) is 1. The van der Waals surface area contributed by atoms with E-state index in [0.717, 1.165) is 18.6 Å². The van der Waals surface area contributed by atoms with E-state index in [4.69, 9.17) is 0 Å². The van der Waals surface area contributed by atoms with Crippen molar-refractivity contribution in [3.05, 3.63) is 0 Å². The van der Waals surface area contributed by atoms with E-state index >= 15 is 0 Å². The van der Waals surface area contributed by atoms with Crippen molar-refractivity contribution in [2.75, 3.05) is 19.8 Å². The van der Waals surface area contributed by atoms with Gasteiger partial charge in [0, 0.05) is 12.7 Å². The first-order valence-corrected chi connectivity index (χ1v) is 6.30. The fourth-order valence-corrected chi connectivity index (χ4v) is 2.66. The van der Waals surface area contributed by atoms with E-state index in [-0.39, 0.29) is 0 Å². The lowest BCUT2D eigenvalue weighted by Crippen LogP contribution is -2.40. The first kappa shape index (κ1) is 10.4. The molecule has 2 aliphatic rings. The normalized spacial score (nSPS) is 34.9. The molecule has 0 aromatic carbocycles. The molecule has 0 unspecified atom stereocenters. The van der Waals surface area contributed by atoms with Gasteiger partial charge in [-0.05, 0) is 57.5 Å². The smallest absolute Gasteiger partial charge is 0.0482 e. The number of nitrogens with zero attached hydrogens (tertiary/aromatic N) is 1. The molecule has 0 atom stereocenters. The minimum atomic E-state index is 0.812. The monoisotopic (exact) mass is 196 g/mol. The van der Waals surface area contributed by atoms with Crippen LogP contribution in [0.15, 0.2) is 0 Å². The summed E-state index contributed by atoms with van der Waals surface area (Å²) < 4.78 is 0. The molecule has 0 spiro atoms. The summed E-state index contributed by atoms with van der Waals surface area (Å²) in [6.45, 7) is 6.15. The van der Waals surface area contributed by atoms with Crippen LogP contribution in [0.25, 0.3) is 0 Å². The van der Waals surface area contributed by atoms with E-state index in [9.17, 15) is 0 Å². The average Bonchev–Trinajstić information content (AvgIpc) is 2.70. The van der Waals surface area contributed by atoms with Crippen LogP contribution >= 0.6 is 0 Å². The second kappa shape index (κ2) is 5.13. The van der Waals surface area contributed by atoms with Crippen LogP contribution in [-0.4, -0.2) is 30.7 Å². The predicted molar refractivity (Wildman–Crippen MR) is 60.2 cm³/mol. The third-order valence-electron chi connectivity index (χ3n) is 3.82. The van der Waals surface area contributed by atoms with Gasteiger partial charge >= 0.3 is 0 Å². The van der Waals surface area contributed by atoms with Gasteiger partial charge in [-0.3, -0.25) is 4.90 Å². The van der Waals surface area contributed by atoms with Crippen molar-refractivity contribution in [2.45, 2.75) is 51.5 Å². The largest absolute Gasteiger partial charge is 0.302 e. The van der Waals surface area contributed by atoms with Crippen LogP contribution in [0.2, 0.25) is 0 Å². The minimum absolute atomic E-state index is 0.812. The van der Waals surface area contributed by atoms with Gasteiger partial charge in [-0.15, -0.1) is 0 Å². The molecule has 2 rings (SSSR count). The third-order valence-corrected chi connectivity index (χ3v) is 3.82. The molecule has 0 radical (unpaired) electrons. The van der Waals surface area contributed by atoms with Crippen LogP contribution in [0.4, 0.5) is 0 Å². The van der Waals surface area contributed by atoms with Gasteiger partial charge in [0.05, 0.1) is 0 Å². The number of nitrogens with one attached hydrogen (secondary N) is 1. The standard InChI is InChI=1S/C12H24N2/c1-11-4-6-12(7-5-11)13-10-14-8-2-3-9-14/h11-13H,2-10H2,1H3. The second-order valence-corrected chi connectivity index (χ2v) is 5.14. The Kier molecular flexibility index (Phi) is 3.82. The summed E-state index contributed by atoms with van der Waals surface area (Å²) in [6.07, 6.45) is 8.46. The Morgan fingerprint density at radius 2 is 1.71 bits per heavy atom. The van der Waals surface area contributed by atoms with Crippen molar-refractivity contribution in [1.29, 1.82) is 0 Å². The predicted octanol–water partition coefficient (Wildman–Crippen LogP) is 2.21. The minimum Gasteiger partial charge on any atom is -0.302 e. The molecular formula is C12H24N2. The molecule has 1 N–H and O–H groups in total. The van der Waals surface area contributed by atoms with Crippen molar-refractivity contribution >= 4 is 0 Å². The fourth-order valence-electron chi connectivity index (χ4n) is 2.66. The van der Waals surface area contributed by atoms with Gasteiger partial charge in [-0.1, -0.05) is 6.92 Å². The third kappa shape index (κ3) is 2.96. The van der Waals surface area contributed by atoms with Gasteiger partial charge in [-0.25, -0.2) is 0 Å². The van der Waals surface area contributed by atoms with E-state index < -0.39 is 0 Å². The molecule has 1 aliphatic heterocycles. The summed E-state index contributed by atoms with van der Waals surface area (Å²) in [7, 11) is 0. The van der Waals surface area contributed by atoms with E-state index in [1.165, 1.54) is 51.6 Å². The van der Waals surface area contributed by atoms with Crippen molar-refractivity contribution in [1.82, 2.24) is 10.2 Å². The SMILES string of the molecule is CC1CCC(NCN2CCCC2)CC1. The molecule has 1 aliphatic carbocycles. The van der Waals surface area contributed by atoms with Gasteiger partial charge in [0.25, 0.3) is 0 Å². The van der Waals surface area contributed by atoms with Crippen LogP contribution in [0.3, 0.4) is 0 Å². The van der Waals surface area contributed by atoms with E-state index in [1.54, 1.807) is 0 Å². The molecule has 1 heterocycles. The lowest BCUT2D eigenvalue weighted by Gasteiger charge is -2.28. The Balaban J connectivity index is 1.60. The fraction of sp³-hybridized carbons (Fsp3) is 1.00. The quantitative estimate of drug-likeness (QED) is 0.744. The summed E-state index contributed by atoms with van der Waals surface area (Å²) in [5, 5.41) is 3.71. The highest BCUT2D eigenvalue weighted by Crippen LogP contribution is 2.23. The van der Waals surface area contributed by atoms with Crippen LogP contribution < -0.4 is 5.32 Å². The maximum Gasteiger partial charge on any atom is 0.0482 e. The van der Waals surface area contributed by atoms with E-state index in [2.05, 4.69) is 17.1 Å². The van der Waals surface area contributed by atoms with Gasteiger partial charge in [-0.2, -0.15) is 0 Å². The first-order valence-electron chi connectivity index (χ1n) is 6.30. The molecule has 1 saturated carbocycles. The molecule has 0 aromatic rings. The molecular weight excluding hydrogens is 172 g/mol. The maximum atomic E-state index is 3.71.